The van der Waals surface area contributed by atoms with Crippen molar-refractivity contribution in [2.75, 3.05) is 18.7 Å². The minimum Gasteiger partial charge on any atom is -0.382 e. The second kappa shape index (κ2) is 5.77. The Balaban J connectivity index is 2.05. The van der Waals surface area contributed by atoms with Gasteiger partial charge in [0.25, 0.3) is 0 Å². The van der Waals surface area contributed by atoms with Gasteiger partial charge in [0.2, 0.25) is 0 Å². The van der Waals surface area contributed by atoms with E-state index in [0.29, 0.717) is 18.3 Å². The molecule has 3 rings (SSSR count). The van der Waals surface area contributed by atoms with Crippen LogP contribution in [0.25, 0.3) is 11.3 Å². The lowest BCUT2D eigenvalue weighted by atomic mass is 10.1. The Kier molecular flexibility index (Phi) is 3.84. The van der Waals surface area contributed by atoms with Crippen LogP contribution >= 0.6 is 0 Å². The SMILES string of the molecule is COCc1ccccc1-c1nc(C2CCCC2)n(N)c1N. The van der Waals surface area contributed by atoms with Gasteiger partial charge in [-0.25, -0.2) is 9.66 Å². The van der Waals surface area contributed by atoms with Crippen LogP contribution in [0.1, 0.15) is 43.0 Å². The van der Waals surface area contributed by atoms with Crippen molar-refractivity contribution in [3.8, 4) is 11.3 Å². The molecule has 5 heteroatoms. The second-order valence-electron chi connectivity index (χ2n) is 5.65. The van der Waals surface area contributed by atoms with E-state index in [1.165, 1.54) is 12.8 Å². The van der Waals surface area contributed by atoms with Gasteiger partial charge in [-0.15, -0.1) is 0 Å². The molecule has 1 aliphatic carbocycles. The fraction of sp³-hybridized carbons (Fsp3) is 0.438. The van der Waals surface area contributed by atoms with Gasteiger partial charge in [-0.3, -0.25) is 0 Å². The molecule has 0 saturated heterocycles. The first-order valence-corrected chi connectivity index (χ1v) is 7.42. The van der Waals surface area contributed by atoms with Crippen molar-refractivity contribution in [2.24, 2.45) is 0 Å². The predicted molar refractivity (Wildman–Crippen MR) is 84.1 cm³/mol. The molecule has 0 spiro atoms. The van der Waals surface area contributed by atoms with Gasteiger partial charge in [0.15, 0.2) is 5.82 Å². The molecule has 1 heterocycles. The first kappa shape index (κ1) is 13.9. The Bertz CT molecular complexity index is 629. The summed E-state index contributed by atoms with van der Waals surface area (Å²) in [6, 6.07) is 8.03. The number of anilines is 1. The number of nitrogen functional groups attached to an aromatic ring is 2. The Morgan fingerprint density at radius 1 is 1.29 bits per heavy atom. The van der Waals surface area contributed by atoms with E-state index in [2.05, 4.69) is 0 Å². The van der Waals surface area contributed by atoms with Crippen LogP contribution in [-0.2, 0) is 11.3 Å². The summed E-state index contributed by atoms with van der Waals surface area (Å²) in [5.41, 5.74) is 9.05. The molecule has 1 fully saturated rings. The molecule has 2 aromatic rings. The summed E-state index contributed by atoms with van der Waals surface area (Å²) in [5, 5.41) is 0. The summed E-state index contributed by atoms with van der Waals surface area (Å²) >= 11 is 0. The number of aromatic nitrogens is 2. The molecule has 0 bridgehead atoms. The van der Waals surface area contributed by atoms with Gasteiger partial charge in [-0.1, -0.05) is 37.1 Å². The van der Waals surface area contributed by atoms with Gasteiger partial charge in [-0.05, 0) is 18.4 Å². The number of hydrogen-bond donors (Lipinski definition) is 2. The zero-order chi connectivity index (χ0) is 14.8. The number of methoxy groups -OCH3 is 1. The number of ether oxygens (including phenoxy) is 1. The van der Waals surface area contributed by atoms with Crippen molar-refractivity contribution in [3.63, 3.8) is 0 Å². The maximum Gasteiger partial charge on any atom is 0.150 e. The van der Waals surface area contributed by atoms with Gasteiger partial charge in [0.05, 0.1) is 6.61 Å². The van der Waals surface area contributed by atoms with E-state index in [1.807, 2.05) is 24.3 Å². The number of benzene rings is 1. The molecular formula is C16H22N4O. The van der Waals surface area contributed by atoms with E-state index in [0.717, 1.165) is 35.5 Å². The standard InChI is InChI=1S/C16H22N4O/c1-21-10-12-8-4-5-9-13(12)14-15(17)20(18)16(19-14)11-6-2-3-7-11/h4-5,8-9,11H,2-3,6-7,10,17-18H2,1H3. The highest BCUT2D eigenvalue weighted by Crippen LogP contribution is 2.37. The van der Waals surface area contributed by atoms with Crippen molar-refractivity contribution < 1.29 is 4.74 Å². The molecule has 0 atom stereocenters. The smallest absolute Gasteiger partial charge is 0.150 e. The summed E-state index contributed by atoms with van der Waals surface area (Å²) in [6.45, 7) is 0.534. The fourth-order valence-corrected chi connectivity index (χ4v) is 3.17. The number of nitrogens with zero attached hydrogens (tertiary/aromatic N) is 2. The van der Waals surface area contributed by atoms with Gasteiger partial charge in [0, 0.05) is 18.6 Å². The molecule has 112 valence electrons. The van der Waals surface area contributed by atoms with Crippen LogP contribution < -0.4 is 11.6 Å². The number of imidazole rings is 1. The summed E-state index contributed by atoms with van der Waals surface area (Å²) in [5.74, 6) is 8.01. The van der Waals surface area contributed by atoms with E-state index >= 15 is 0 Å². The van der Waals surface area contributed by atoms with Crippen LogP contribution in [0, 0.1) is 0 Å². The predicted octanol–water partition coefficient (Wildman–Crippen LogP) is 2.65. The Morgan fingerprint density at radius 2 is 2.00 bits per heavy atom. The maximum atomic E-state index is 6.20. The van der Waals surface area contributed by atoms with Gasteiger partial charge < -0.3 is 16.3 Å². The summed E-state index contributed by atoms with van der Waals surface area (Å²) in [7, 11) is 1.69. The molecular weight excluding hydrogens is 264 g/mol. The number of hydrogen-bond acceptors (Lipinski definition) is 4. The van der Waals surface area contributed by atoms with Gasteiger partial charge in [0.1, 0.15) is 11.5 Å². The van der Waals surface area contributed by atoms with Crippen LogP contribution in [0.2, 0.25) is 0 Å². The number of rotatable bonds is 4. The van der Waals surface area contributed by atoms with Crippen LogP contribution in [0.5, 0.6) is 0 Å². The molecule has 0 aliphatic heterocycles. The molecule has 1 saturated carbocycles. The zero-order valence-electron chi connectivity index (χ0n) is 12.4. The molecule has 1 aromatic carbocycles. The first-order chi connectivity index (χ1) is 10.2. The van der Waals surface area contributed by atoms with E-state index in [-0.39, 0.29) is 0 Å². The molecule has 1 aliphatic rings. The average Bonchev–Trinajstić information content (AvgIpc) is 3.11. The Hall–Kier alpha value is -2.01. The largest absolute Gasteiger partial charge is 0.382 e. The van der Waals surface area contributed by atoms with E-state index in [9.17, 15) is 0 Å². The molecule has 5 nitrogen and oxygen atoms in total. The number of nitrogens with two attached hydrogens (primary N) is 2. The quantitative estimate of drug-likeness (QED) is 0.847. The van der Waals surface area contributed by atoms with Crippen LogP contribution in [0.3, 0.4) is 0 Å². The molecule has 4 N–H and O–H groups in total. The molecule has 0 amide bonds. The highest BCUT2D eigenvalue weighted by atomic mass is 16.5. The van der Waals surface area contributed by atoms with Crippen molar-refractivity contribution in [1.82, 2.24) is 9.66 Å². The van der Waals surface area contributed by atoms with Crippen LogP contribution in [0.15, 0.2) is 24.3 Å². The third kappa shape index (κ3) is 2.49. The zero-order valence-corrected chi connectivity index (χ0v) is 12.4. The fourth-order valence-electron chi connectivity index (χ4n) is 3.17. The van der Waals surface area contributed by atoms with Crippen molar-refractivity contribution in [3.05, 3.63) is 35.7 Å². The van der Waals surface area contributed by atoms with Gasteiger partial charge in [-0.2, -0.15) is 0 Å². The minimum absolute atomic E-state index is 0.431. The lowest BCUT2D eigenvalue weighted by molar-refractivity contribution is 0.185. The van der Waals surface area contributed by atoms with Crippen molar-refractivity contribution in [1.29, 1.82) is 0 Å². The molecule has 0 radical (unpaired) electrons. The summed E-state index contributed by atoms with van der Waals surface area (Å²) < 4.78 is 6.82. The molecule has 21 heavy (non-hydrogen) atoms. The minimum atomic E-state index is 0.431. The Morgan fingerprint density at radius 3 is 2.71 bits per heavy atom. The van der Waals surface area contributed by atoms with Crippen LogP contribution in [-0.4, -0.2) is 16.8 Å². The summed E-state index contributed by atoms with van der Waals surface area (Å²) in [4.78, 5) is 4.76. The third-order valence-electron chi connectivity index (χ3n) is 4.27. The van der Waals surface area contributed by atoms with E-state index in [1.54, 1.807) is 11.8 Å². The lowest BCUT2D eigenvalue weighted by Crippen LogP contribution is -2.17. The topological polar surface area (TPSA) is 79.1 Å². The maximum absolute atomic E-state index is 6.20. The van der Waals surface area contributed by atoms with Crippen LogP contribution in [0.4, 0.5) is 5.82 Å². The molecule has 1 aromatic heterocycles. The normalized spacial score (nSPS) is 15.7. The Labute approximate surface area is 124 Å². The van der Waals surface area contributed by atoms with E-state index in [4.69, 9.17) is 21.3 Å². The van der Waals surface area contributed by atoms with Crippen molar-refractivity contribution >= 4 is 5.82 Å². The second-order valence-corrected chi connectivity index (χ2v) is 5.65. The summed E-state index contributed by atoms with van der Waals surface area (Å²) in [6.07, 6.45) is 4.78. The van der Waals surface area contributed by atoms with Gasteiger partial charge >= 0.3 is 0 Å². The average molecular weight is 286 g/mol. The highest BCUT2D eigenvalue weighted by Gasteiger charge is 2.25. The highest BCUT2D eigenvalue weighted by molar-refractivity contribution is 5.74. The van der Waals surface area contributed by atoms with Crippen molar-refractivity contribution in [2.45, 2.75) is 38.2 Å². The monoisotopic (exact) mass is 286 g/mol. The third-order valence-corrected chi connectivity index (χ3v) is 4.27. The van der Waals surface area contributed by atoms with E-state index < -0.39 is 0 Å². The lowest BCUT2D eigenvalue weighted by Gasteiger charge is -2.08. The molecule has 0 unspecified atom stereocenters. The first-order valence-electron chi connectivity index (χ1n) is 7.42.